The molecule has 2 saturated heterocycles. The largest absolute Gasteiger partial charge is 0.461 e. The number of aliphatic hydroxyl groups excluding tert-OH is 1. The van der Waals surface area contributed by atoms with Crippen LogP contribution < -0.4 is 4.90 Å². The van der Waals surface area contributed by atoms with E-state index >= 15 is 0 Å². The van der Waals surface area contributed by atoms with Gasteiger partial charge in [-0.05, 0) is 25.7 Å². The highest BCUT2D eigenvalue weighted by atomic mass is 16.6. The summed E-state index contributed by atoms with van der Waals surface area (Å²) < 4.78 is 10.9. The van der Waals surface area contributed by atoms with Crippen LogP contribution in [0.25, 0.3) is 0 Å². The normalized spacial score (nSPS) is 40.0. The summed E-state index contributed by atoms with van der Waals surface area (Å²) in [5.74, 6) is -0.169. The van der Waals surface area contributed by atoms with Crippen molar-refractivity contribution >= 4 is 12.1 Å². The molecule has 3 fully saturated rings. The lowest BCUT2D eigenvalue weighted by atomic mass is 9.55. The maximum atomic E-state index is 12.8. The van der Waals surface area contributed by atoms with Crippen molar-refractivity contribution in [1.29, 1.82) is 0 Å². The van der Waals surface area contributed by atoms with E-state index in [9.17, 15) is 14.7 Å². The molecule has 7 heteroatoms. The van der Waals surface area contributed by atoms with Crippen LogP contribution in [0.3, 0.4) is 0 Å². The van der Waals surface area contributed by atoms with Gasteiger partial charge in [0.05, 0.1) is 45.4 Å². The van der Waals surface area contributed by atoms with Gasteiger partial charge in [0.15, 0.2) is 0 Å². The average molecular weight is 408 g/mol. The summed E-state index contributed by atoms with van der Waals surface area (Å²) in [5, 5.41) is 11.4. The highest BCUT2D eigenvalue weighted by molar-refractivity contribution is 5.76. The third kappa shape index (κ3) is 3.46. The van der Waals surface area contributed by atoms with Crippen LogP contribution in [0, 0.1) is 23.2 Å². The topological polar surface area (TPSA) is 80.5 Å². The van der Waals surface area contributed by atoms with Crippen molar-refractivity contribution in [2.24, 2.45) is 23.2 Å². The van der Waals surface area contributed by atoms with Gasteiger partial charge < -0.3 is 19.5 Å². The molecule has 7 nitrogen and oxygen atoms in total. The molecule has 2 aliphatic heterocycles. The Morgan fingerprint density at radius 3 is 2.83 bits per heavy atom. The lowest BCUT2D eigenvalue weighted by molar-refractivity contribution is -0.906. The molecule has 0 bridgehead atoms. The number of ether oxygens (including phenoxy) is 2. The van der Waals surface area contributed by atoms with E-state index in [1.807, 2.05) is 6.92 Å². The van der Waals surface area contributed by atoms with Gasteiger partial charge in [-0.25, -0.2) is 4.79 Å². The van der Waals surface area contributed by atoms with Gasteiger partial charge in [0.25, 0.3) is 0 Å². The van der Waals surface area contributed by atoms with Crippen molar-refractivity contribution < 1.29 is 29.1 Å². The molecule has 29 heavy (non-hydrogen) atoms. The Morgan fingerprint density at radius 1 is 1.41 bits per heavy atom. The van der Waals surface area contributed by atoms with E-state index in [2.05, 4.69) is 19.9 Å². The third-order valence-corrected chi connectivity index (χ3v) is 8.08. The van der Waals surface area contributed by atoms with Crippen molar-refractivity contribution in [3.63, 3.8) is 0 Å². The molecule has 0 aromatic carbocycles. The molecule has 6 atom stereocenters. The fourth-order valence-corrected chi connectivity index (χ4v) is 6.03. The number of carbonyl (C=O) groups excluding carboxylic acids is 2. The number of aliphatic hydroxyl groups is 1. The molecule has 0 aromatic rings. The lowest BCUT2D eigenvalue weighted by Gasteiger charge is -2.51. The highest BCUT2D eigenvalue weighted by Gasteiger charge is 2.60. The van der Waals surface area contributed by atoms with Gasteiger partial charge in [0, 0.05) is 17.8 Å². The molecule has 2 N–H and O–H groups in total. The number of quaternary nitrogens is 1. The number of esters is 1. The maximum absolute atomic E-state index is 12.8. The quantitative estimate of drug-likeness (QED) is 0.530. The van der Waals surface area contributed by atoms with Crippen molar-refractivity contribution in [2.75, 3.05) is 39.3 Å². The minimum Gasteiger partial charge on any atom is -0.461 e. The van der Waals surface area contributed by atoms with Crippen molar-refractivity contribution in [3.8, 4) is 0 Å². The van der Waals surface area contributed by atoms with E-state index in [1.54, 1.807) is 4.90 Å². The Bertz CT molecular complexity index is 687. The molecule has 1 amide bonds. The highest BCUT2D eigenvalue weighted by Crippen LogP contribution is 2.55. The van der Waals surface area contributed by atoms with Crippen LogP contribution in [-0.4, -0.2) is 73.6 Å². The summed E-state index contributed by atoms with van der Waals surface area (Å²) in [4.78, 5) is 27.7. The van der Waals surface area contributed by atoms with Gasteiger partial charge in [-0.1, -0.05) is 25.5 Å². The number of nitrogens with one attached hydrogen (secondary N) is 1. The van der Waals surface area contributed by atoms with Crippen LogP contribution in [0.5, 0.6) is 0 Å². The zero-order valence-corrected chi connectivity index (χ0v) is 17.9. The monoisotopic (exact) mass is 407 g/mol. The number of rotatable bonds is 3. The van der Waals surface area contributed by atoms with E-state index in [-0.39, 0.29) is 35.4 Å². The second-order valence-corrected chi connectivity index (χ2v) is 9.44. The molecule has 4 aliphatic rings. The van der Waals surface area contributed by atoms with Gasteiger partial charge >= 0.3 is 12.1 Å². The second kappa shape index (κ2) is 7.91. The Labute approximate surface area is 173 Å². The Morgan fingerprint density at radius 2 is 2.14 bits per heavy atom. The molecule has 162 valence electrons. The van der Waals surface area contributed by atoms with Crippen molar-refractivity contribution in [2.45, 2.75) is 52.2 Å². The minimum absolute atomic E-state index is 0.138. The second-order valence-electron chi connectivity index (χ2n) is 9.44. The van der Waals surface area contributed by atoms with E-state index in [0.29, 0.717) is 32.2 Å². The van der Waals surface area contributed by atoms with Gasteiger partial charge in [-0.2, -0.15) is 0 Å². The van der Waals surface area contributed by atoms with E-state index in [0.717, 1.165) is 32.4 Å². The number of nitrogens with zero attached hydrogens (tertiary/aromatic N) is 1. The molecule has 2 aliphatic carbocycles. The van der Waals surface area contributed by atoms with E-state index in [4.69, 9.17) is 9.47 Å². The van der Waals surface area contributed by atoms with Gasteiger partial charge in [0.2, 0.25) is 0 Å². The Balaban J connectivity index is 1.44. The molecular weight excluding hydrogens is 372 g/mol. The third-order valence-electron chi connectivity index (χ3n) is 8.08. The van der Waals surface area contributed by atoms with E-state index in [1.165, 1.54) is 10.5 Å². The van der Waals surface area contributed by atoms with Crippen LogP contribution in [0.4, 0.5) is 4.79 Å². The number of allylic oxidation sites excluding steroid dienone is 1. The summed E-state index contributed by atoms with van der Waals surface area (Å²) in [7, 11) is 0. The van der Waals surface area contributed by atoms with Crippen molar-refractivity contribution in [3.05, 3.63) is 11.6 Å². The first-order valence-corrected chi connectivity index (χ1v) is 11.2. The summed E-state index contributed by atoms with van der Waals surface area (Å²) >= 11 is 0. The number of hydrogen-bond acceptors (Lipinski definition) is 5. The standard InChI is InChI=1S/C22H34N2O5/c1-4-28-21(27)24-10-8-23(9-11-24)13-16-18-17(29-20(16)26)12-15-7-5-6-14(2)22(15,3)19(18)25/h7,14,16-19,25H,4-6,8-13H2,1-3H3/p+1/t14-,16-,17-,18+,19-,22-/m0/s1. The molecule has 4 rings (SSSR count). The Kier molecular flexibility index (Phi) is 5.64. The molecule has 0 aromatic heterocycles. The van der Waals surface area contributed by atoms with Crippen molar-refractivity contribution in [1.82, 2.24) is 4.90 Å². The molecule has 1 saturated carbocycles. The minimum atomic E-state index is -0.556. The first kappa shape index (κ1) is 20.7. The summed E-state index contributed by atoms with van der Waals surface area (Å²) in [5.41, 5.74) is 1.01. The Hall–Kier alpha value is -1.60. The maximum Gasteiger partial charge on any atom is 0.410 e. The first-order chi connectivity index (χ1) is 13.9. The summed E-state index contributed by atoms with van der Waals surface area (Å²) in [6.45, 7) is 10.1. The fraction of sp³-hybridized carbons (Fsp3) is 0.818. The number of hydrogen-bond donors (Lipinski definition) is 2. The number of carbonyl (C=O) groups is 2. The average Bonchev–Trinajstić information content (AvgIpc) is 3.00. The van der Waals surface area contributed by atoms with Crippen LogP contribution in [-0.2, 0) is 14.3 Å². The lowest BCUT2D eigenvalue weighted by Crippen LogP contribution is -3.15. The summed E-state index contributed by atoms with van der Waals surface area (Å²) in [6, 6.07) is 0. The molecular formula is C22H35N2O5+. The SMILES string of the molecule is CCOC(=O)N1CC[NH+](C[C@@H]2C(=O)O[C@H]3CC4=CCC[C@H](C)[C@]4(C)[C@@H](O)[C@@H]32)CC1. The van der Waals surface area contributed by atoms with Crippen LogP contribution in [0.2, 0.25) is 0 Å². The zero-order valence-electron chi connectivity index (χ0n) is 17.9. The molecule has 0 radical (unpaired) electrons. The van der Waals surface area contributed by atoms with Crippen LogP contribution in [0.15, 0.2) is 11.6 Å². The predicted molar refractivity (Wildman–Crippen MR) is 106 cm³/mol. The van der Waals surface area contributed by atoms with Gasteiger partial charge in [-0.3, -0.25) is 9.69 Å². The fourth-order valence-electron chi connectivity index (χ4n) is 6.03. The number of amides is 1. The first-order valence-electron chi connectivity index (χ1n) is 11.2. The van der Waals surface area contributed by atoms with Crippen LogP contribution >= 0.6 is 0 Å². The molecule has 2 heterocycles. The van der Waals surface area contributed by atoms with Gasteiger partial charge in [-0.15, -0.1) is 0 Å². The predicted octanol–water partition coefficient (Wildman–Crippen LogP) is 0.628. The van der Waals surface area contributed by atoms with Gasteiger partial charge in [0.1, 0.15) is 12.0 Å². The number of fused-ring (bicyclic) bond motifs is 2. The molecule has 0 spiro atoms. The smallest absolute Gasteiger partial charge is 0.410 e. The summed E-state index contributed by atoms with van der Waals surface area (Å²) in [6.07, 6.45) is 4.13. The van der Waals surface area contributed by atoms with Crippen LogP contribution in [0.1, 0.15) is 40.0 Å². The molecule has 0 unspecified atom stereocenters. The number of piperazine rings is 1. The zero-order chi connectivity index (χ0) is 20.8. The van der Waals surface area contributed by atoms with E-state index < -0.39 is 6.10 Å².